The van der Waals surface area contributed by atoms with E-state index in [4.69, 9.17) is 4.74 Å². The van der Waals surface area contributed by atoms with Crippen molar-refractivity contribution >= 4 is 23.2 Å². The number of ether oxygens (including phenoxy) is 1. The van der Waals surface area contributed by atoms with Crippen molar-refractivity contribution in [2.45, 2.75) is 31.7 Å². The molecule has 1 aliphatic rings. The maximum atomic E-state index is 11.7. The van der Waals surface area contributed by atoms with Gasteiger partial charge in [0.15, 0.2) is 12.6 Å². The summed E-state index contributed by atoms with van der Waals surface area (Å²) in [5, 5.41) is 8.45. The minimum Gasteiger partial charge on any atom is -0.484 e. The molecule has 7 heteroatoms. The molecule has 1 aromatic carbocycles. The minimum atomic E-state index is -0.0460. The number of nitrogens with one attached hydrogen (secondary N) is 2. The zero-order chi connectivity index (χ0) is 20.5. The van der Waals surface area contributed by atoms with Crippen LogP contribution in [0.25, 0.3) is 0 Å². The molecule has 1 aliphatic carbocycles. The third-order valence-electron chi connectivity index (χ3n) is 4.78. The zero-order valence-corrected chi connectivity index (χ0v) is 18.0. The summed E-state index contributed by atoms with van der Waals surface area (Å²) >= 11 is 1.79. The lowest BCUT2D eigenvalue weighted by Crippen LogP contribution is -2.40. The maximum absolute atomic E-state index is 11.7. The average Bonchev–Trinajstić information content (AvgIpc) is 3.38. The van der Waals surface area contributed by atoms with Crippen LogP contribution in [0, 0.1) is 0 Å². The second-order valence-corrected chi connectivity index (χ2v) is 8.28. The van der Waals surface area contributed by atoms with E-state index in [1.165, 1.54) is 10.4 Å². The lowest BCUT2D eigenvalue weighted by Gasteiger charge is -2.21. The van der Waals surface area contributed by atoms with Gasteiger partial charge in [0.25, 0.3) is 5.91 Å². The van der Waals surface area contributed by atoms with Gasteiger partial charge in [-0.05, 0) is 54.8 Å². The molecule has 156 valence electrons. The molecular weight excluding hydrogens is 384 g/mol. The number of rotatable bonds is 10. The maximum Gasteiger partial charge on any atom is 0.258 e. The minimum absolute atomic E-state index is 0.0460. The first-order chi connectivity index (χ1) is 14.1. The summed E-state index contributed by atoms with van der Waals surface area (Å²) < 4.78 is 5.55. The molecular formula is C22H30N4O2S. The molecule has 2 N–H and O–H groups in total. The Labute approximate surface area is 177 Å². The fourth-order valence-corrected chi connectivity index (χ4v) is 3.64. The van der Waals surface area contributed by atoms with Crippen LogP contribution in [-0.2, 0) is 17.6 Å². The van der Waals surface area contributed by atoms with E-state index in [0.29, 0.717) is 6.04 Å². The highest BCUT2D eigenvalue weighted by atomic mass is 32.1. The fraction of sp³-hybridized carbons (Fsp3) is 0.455. The van der Waals surface area contributed by atoms with Gasteiger partial charge < -0.3 is 20.3 Å². The van der Waals surface area contributed by atoms with Crippen LogP contribution in [0.15, 0.2) is 46.8 Å². The van der Waals surface area contributed by atoms with Crippen molar-refractivity contribution in [1.29, 1.82) is 0 Å². The van der Waals surface area contributed by atoms with E-state index >= 15 is 0 Å². The normalized spacial score (nSPS) is 13.8. The van der Waals surface area contributed by atoms with Gasteiger partial charge in [-0.15, -0.1) is 11.3 Å². The molecule has 29 heavy (non-hydrogen) atoms. The van der Waals surface area contributed by atoms with Crippen molar-refractivity contribution in [2.24, 2.45) is 4.99 Å². The van der Waals surface area contributed by atoms with Crippen LogP contribution in [0.5, 0.6) is 5.75 Å². The number of aliphatic imine (C=N–C) groups is 1. The molecule has 2 aromatic rings. The molecule has 0 aliphatic heterocycles. The molecule has 1 heterocycles. The van der Waals surface area contributed by atoms with Crippen LogP contribution in [0.3, 0.4) is 0 Å². The quantitative estimate of drug-likeness (QED) is 0.463. The zero-order valence-electron chi connectivity index (χ0n) is 17.2. The number of amides is 1. The van der Waals surface area contributed by atoms with Gasteiger partial charge in [0, 0.05) is 38.1 Å². The monoisotopic (exact) mass is 414 g/mol. The number of carbonyl (C=O) groups excluding carboxylic acids is 1. The molecule has 0 spiro atoms. The number of guanidine groups is 1. The standard InChI is InChI=1S/C22H30N4O2S/c1-23-22(26(2)14-12-20-4-3-15-29-20)24-13-11-17-5-9-19(10-6-17)28-16-21(27)25-18-7-8-18/h3-6,9-10,15,18H,7-8,11-14,16H2,1-2H3,(H,23,24)(H,25,27). The lowest BCUT2D eigenvalue weighted by molar-refractivity contribution is -0.123. The van der Waals surface area contributed by atoms with E-state index in [1.807, 2.05) is 31.3 Å². The van der Waals surface area contributed by atoms with Gasteiger partial charge >= 0.3 is 0 Å². The Kier molecular flexibility index (Phi) is 7.93. The van der Waals surface area contributed by atoms with E-state index < -0.39 is 0 Å². The highest BCUT2D eigenvalue weighted by molar-refractivity contribution is 7.09. The van der Waals surface area contributed by atoms with Crippen LogP contribution in [-0.4, -0.2) is 56.6 Å². The molecule has 0 atom stereocenters. The first-order valence-electron chi connectivity index (χ1n) is 10.1. The van der Waals surface area contributed by atoms with Gasteiger partial charge in [-0.1, -0.05) is 18.2 Å². The predicted molar refractivity (Wildman–Crippen MR) is 119 cm³/mol. The Morgan fingerprint density at radius 3 is 2.69 bits per heavy atom. The molecule has 1 fully saturated rings. The molecule has 1 amide bonds. The Balaban J connectivity index is 1.35. The smallest absolute Gasteiger partial charge is 0.258 e. The Bertz CT molecular complexity index is 786. The number of hydrogen-bond acceptors (Lipinski definition) is 4. The van der Waals surface area contributed by atoms with E-state index in [-0.39, 0.29) is 12.5 Å². The first-order valence-corrected chi connectivity index (χ1v) is 11.0. The lowest BCUT2D eigenvalue weighted by atomic mass is 10.1. The third kappa shape index (κ3) is 7.42. The summed E-state index contributed by atoms with van der Waals surface area (Å²) in [6, 6.07) is 12.5. The van der Waals surface area contributed by atoms with Gasteiger partial charge in [-0.25, -0.2) is 0 Å². The molecule has 0 saturated heterocycles. The number of likely N-dealkylation sites (N-methyl/N-ethyl adjacent to an activating group) is 1. The number of benzene rings is 1. The highest BCUT2D eigenvalue weighted by Gasteiger charge is 2.23. The number of hydrogen-bond donors (Lipinski definition) is 2. The Morgan fingerprint density at radius 1 is 1.24 bits per heavy atom. The van der Waals surface area contributed by atoms with E-state index in [0.717, 1.165) is 50.5 Å². The van der Waals surface area contributed by atoms with E-state index in [2.05, 4.69) is 45.1 Å². The highest BCUT2D eigenvalue weighted by Crippen LogP contribution is 2.18. The second kappa shape index (κ2) is 10.9. The Hall–Kier alpha value is -2.54. The van der Waals surface area contributed by atoms with Crippen LogP contribution >= 0.6 is 11.3 Å². The molecule has 1 saturated carbocycles. The third-order valence-corrected chi connectivity index (χ3v) is 5.72. The summed E-state index contributed by atoms with van der Waals surface area (Å²) in [5.41, 5.74) is 1.21. The van der Waals surface area contributed by atoms with Gasteiger partial charge in [0.05, 0.1) is 0 Å². The van der Waals surface area contributed by atoms with Gasteiger partial charge in [0.2, 0.25) is 0 Å². The number of thiophene rings is 1. The van der Waals surface area contributed by atoms with Gasteiger partial charge in [-0.2, -0.15) is 0 Å². The van der Waals surface area contributed by atoms with Crippen molar-refractivity contribution in [3.63, 3.8) is 0 Å². The van der Waals surface area contributed by atoms with Crippen molar-refractivity contribution < 1.29 is 9.53 Å². The molecule has 3 rings (SSSR count). The summed E-state index contributed by atoms with van der Waals surface area (Å²) in [6.07, 6.45) is 4.09. The van der Waals surface area contributed by atoms with E-state index in [1.54, 1.807) is 11.3 Å². The van der Waals surface area contributed by atoms with Crippen LogP contribution < -0.4 is 15.4 Å². The number of nitrogens with zero attached hydrogens (tertiary/aromatic N) is 2. The largest absolute Gasteiger partial charge is 0.484 e. The van der Waals surface area contributed by atoms with Crippen molar-refractivity contribution in [2.75, 3.05) is 33.8 Å². The summed E-state index contributed by atoms with van der Waals surface area (Å²) in [4.78, 5) is 19.6. The summed E-state index contributed by atoms with van der Waals surface area (Å²) in [5.74, 6) is 1.58. The second-order valence-electron chi connectivity index (χ2n) is 7.25. The predicted octanol–water partition coefficient (Wildman–Crippen LogP) is 2.70. The topological polar surface area (TPSA) is 66.0 Å². The Morgan fingerprint density at radius 2 is 2.03 bits per heavy atom. The van der Waals surface area contributed by atoms with Crippen molar-refractivity contribution in [3.05, 3.63) is 52.2 Å². The molecule has 6 nitrogen and oxygen atoms in total. The first kappa shape index (κ1) is 21.2. The van der Waals surface area contributed by atoms with Gasteiger partial charge in [0.1, 0.15) is 5.75 Å². The molecule has 0 radical (unpaired) electrons. The van der Waals surface area contributed by atoms with Gasteiger partial charge in [-0.3, -0.25) is 9.79 Å². The molecule has 1 aromatic heterocycles. The van der Waals surface area contributed by atoms with Crippen LogP contribution in [0.1, 0.15) is 23.3 Å². The van der Waals surface area contributed by atoms with Crippen molar-refractivity contribution in [3.8, 4) is 5.75 Å². The summed E-state index contributed by atoms with van der Waals surface area (Å²) in [6.45, 7) is 1.81. The SMILES string of the molecule is CN=C(NCCc1ccc(OCC(=O)NC2CC2)cc1)N(C)CCc1cccs1. The molecule has 0 unspecified atom stereocenters. The van der Waals surface area contributed by atoms with Crippen LogP contribution in [0.2, 0.25) is 0 Å². The van der Waals surface area contributed by atoms with E-state index in [9.17, 15) is 4.79 Å². The molecule has 0 bridgehead atoms. The number of carbonyl (C=O) groups is 1. The fourth-order valence-electron chi connectivity index (χ4n) is 2.94. The van der Waals surface area contributed by atoms with Crippen LogP contribution in [0.4, 0.5) is 0 Å². The van der Waals surface area contributed by atoms with Crippen molar-refractivity contribution in [1.82, 2.24) is 15.5 Å². The summed E-state index contributed by atoms with van der Waals surface area (Å²) in [7, 11) is 3.88. The average molecular weight is 415 g/mol.